The molecule has 1 aliphatic rings. The number of amides is 1. The first-order valence-corrected chi connectivity index (χ1v) is 14.6. The summed E-state index contributed by atoms with van der Waals surface area (Å²) in [5.74, 6) is -3.24. The second-order valence-electron chi connectivity index (χ2n) is 8.98. The van der Waals surface area contributed by atoms with Gasteiger partial charge in [0.15, 0.2) is 5.69 Å². The number of rotatable bonds is 8. The van der Waals surface area contributed by atoms with Crippen LogP contribution in [0.1, 0.15) is 87.0 Å². The van der Waals surface area contributed by atoms with Gasteiger partial charge in [-0.05, 0) is 36.1 Å². The van der Waals surface area contributed by atoms with Gasteiger partial charge in [-0.25, -0.2) is 13.9 Å². The number of ether oxygens (including phenoxy) is 1. The number of carbonyl (C=O) groups is 2. The quantitative estimate of drug-likeness (QED) is 0.177. The van der Waals surface area contributed by atoms with E-state index < -0.39 is 30.1 Å². The number of carboxylic acid groups (broad SMARTS) is 1. The molecule has 0 radical (unpaired) electrons. The number of carbonyl (C=O) groups excluding carboxylic acids is 1. The molecule has 0 saturated heterocycles. The van der Waals surface area contributed by atoms with E-state index in [0.717, 1.165) is 54.5 Å². The Morgan fingerprint density at radius 3 is 2.09 bits per heavy atom. The Morgan fingerprint density at radius 2 is 1.58 bits per heavy atom. The summed E-state index contributed by atoms with van der Waals surface area (Å²) in [5.41, 5.74) is -0.826. The van der Waals surface area contributed by atoms with Crippen LogP contribution in [0, 0.1) is 18.7 Å². The number of aliphatic hydroxyl groups excluding tert-OH is 1. The molecule has 3 N–H and O–H groups in total. The largest absolute Gasteiger partial charge is 0.476 e. The molecule has 1 heterocycles. The van der Waals surface area contributed by atoms with Crippen LogP contribution in [-0.2, 0) is 30.7 Å². The number of aromatic nitrogens is 2. The molecule has 4 rings (SSSR count). The summed E-state index contributed by atoms with van der Waals surface area (Å²) in [6.45, 7) is 7.43. The summed E-state index contributed by atoms with van der Waals surface area (Å²) in [7, 11) is 0. The minimum atomic E-state index is -4.87. The number of aliphatic hydroxyl groups is 1. The average Bonchev–Trinajstić information content (AvgIpc) is 3.46. The van der Waals surface area contributed by atoms with Gasteiger partial charge < -0.3 is 20.3 Å². The lowest BCUT2D eigenvalue weighted by atomic mass is 9.95. The van der Waals surface area contributed by atoms with Crippen molar-refractivity contribution in [2.45, 2.75) is 91.8 Å². The van der Waals surface area contributed by atoms with Crippen molar-refractivity contribution in [3.05, 3.63) is 82.8 Å². The van der Waals surface area contributed by atoms with E-state index in [4.69, 9.17) is 14.9 Å². The summed E-state index contributed by atoms with van der Waals surface area (Å²) in [5, 5.41) is 24.4. The van der Waals surface area contributed by atoms with Gasteiger partial charge in [-0.2, -0.15) is 18.3 Å². The monoisotopic (exact) mass is 637 g/mol. The van der Waals surface area contributed by atoms with E-state index >= 15 is 0 Å². The van der Waals surface area contributed by atoms with Crippen LogP contribution in [-0.4, -0.2) is 37.9 Å². The predicted octanol–water partition coefficient (Wildman–Crippen LogP) is 7.25. The van der Waals surface area contributed by atoms with Crippen LogP contribution in [0.5, 0.6) is 5.88 Å². The van der Waals surface area contributed by atoms with Gasteiger partial charge >= 0.3 is 12.1 Å². The van der Waals surface area contributed by atoms with Crippen molar-refractivity contribution in [2.24, 2.45) is 0 Å². The smallest absolute Gasteiger partial charge is 0.419 e. The Hall–Kier alpha value is -4.37. The van der Waals surface area contributed by atoms with E-state index in [0.29, 0.717) is 12.1 Å². The van der Waals surface area contributed by atoms with Crippen molar-refractivity contribution in [3.63, 3.8) is 0 Å². The molecule has 1 fully saturated rings. The highest BCUT2D eigenvalue weighted by molar-refractivity contribution is 5.85. The number of halogens is 4. The lowest BCUT2D eigenvalue weighted by Gasteiger charge is -2.22. The molecule has 0 atom stereocenters. The molecule has 1 aromatic heterocycles. The number of hydrogen-bond donors (Lipinski definition) is 3. The van der Waals surface area contributed by atoms with E-state index in [1.807, 2.05) is 58.0 Å². The standard InChI is InChI=1S/C20H21F4N3O4.C7H8O.2C2H6.C2H2/c21-15-7-6-12(8-14(15)20(22,23)24)11-31-18-9-16(19(29)30)26-27(18)10-17(28)25-13-4-2-1-3-5-13;8-6-7-4-2-1-3-5-7;3*1-2/h6-9,13H,1-5,10-11H2,(H,25,28)(H,29,30);1-5,8H,6H2;2*1-2H3;1-2H. The number of aromatic carboxylic acids is 1. The average molecular weight is 638 g/mol. The molecule has 1 amide bonds. The normalized spacial score (nSPS) is 12.2. The maximum Gasteiger partial charge on any atom is 0.419 e. The predicted molar refractivity (Wildman–Crippen MR) is 165 cm³/mol. The highest BCUT2D eigenvalue weighted by atomic mass is 19.4. The van der Waals surface area contributed by atoms with Gasteiger partial charge in [0.25, 0.3) is 0 Å². The molecule has 1 aliphatic carbocycles. The van der Waals surface area contributed by atoms with Crippen molar-refractivity contribution in [1.29, 1.82) is 0 Å². The Balaban J connectivity index is 0.00000116. The minimum absolute atomic E-state index is 0.0185. The van der Waals surface area contributed by atoms with Crippen molar-refractivity contribution >= 4 is 11.9 Å². The maximum absolute atomic E-state index is 13.4. The second kappa shape index (κ2) is 22.2. The molecule has 248 valence electrons. The number of benzene rings is 2. The molecule has 0 aliphatic heterocycles. The summed E-state index contributed by atoms with van der Waals surface area (Å²) in [6, 6.07) is 13.1. The van der Waals surface area contributed by atoms with Crippen molar-refractivity contribution < 1.29 is 42.1 Å². The van der Waals surface area contributed by atoms with Crippen molar-refractivity contribution in [2.75, 3.05) is 0 Å². The van der Waals surface area contributed by atoms with E-state index in [1.54, 1.807) is 0 Å². The molecule has 0 spiro atoms. The summed E-state index contributed by atoms with van der Waals surface area (Å²) < 4.78 is 58.5. The minimum Gasteiger partial charge on any atom is -0.476 e. The number of terminal acetylenes is 1. The third kappa shape index (κ3) is 14.8. The van der Waals surface area contributed by atoms with Gasteiger partial charge in [-0.15, -0.1) is 12.8 Å². The SMILES string of the molecule is C#C.CC.CC.O=C(Cn1nc(C(=O)O)cc1OCc1ccc(F)c(C(F)(F)F)c1)NC1CCCCC1.OCc1ccccc1. The Bertz CT molecular complexity index is 1290. The molecule has 0 unspecified atom stereocenters. The van der Waals surface area contributed by atoms with Gasteiger partial charge in [-0.1, -0.05) is 83.4 Å². The fourth-order valence-electron chi connectivity index (χ4n) is 4.01. The van der Waals surface area contributed by atoms with Crippen LogP contribution in [0.3, 0.4) is 0 Å². The first kappa shape index (κ1) is 40.6. The summed E-state index contributed by atoms with van der Waals surface area (Å²) in [4.78, 5) is 23.6. The molecular weight excluding hydrogens is 594 g/mol. The van der Waals surface area contributed by atoms with Crippen molar-refractivity contribution in [1.82, 2.24) is 15.1 Å². The highest BCUT2D eigenvalue weighted by Crippen LogP contribution is 2.32. The van der Waals surface area contributed by atoms with Crippen LogP contribution in [0.25, 0.3) is 0 Å². The van der Waals surface area contributed by atoms with Crippen molar-refractivity contribution in [3.8, 4) is 18.7 Å². The first-order chi connectivity index (χ1) is 21.6. The lowest BCUT2D eigenvalue weighted by molar-refractivity contribution is -0.140. The van der Waals surface area contributed by atoms with Gasteiger partial charge in [0, 0.05) is 12.1 Å². The Morgan fingerprint density at radius 1 is 0.978 bits per heavy atom. The zero-order valence-corrected chi connectivity index (χ0v) is 26.1. The molecule has 8 nitrogen and oxygen atoms in total. The molecule has 1 saturated carbocycles. The third-order valence-electron chi connectivity index (χ3n) is 5.97. The lowest BCUT2D eigenvalue weighted by Crippen LogP contribution is -2.38. The van der Waals surface area contributed by atoms with Crippen LogP contribution >= 0.6 is 0 Å². The molecule has 3 aromatic rings. The Kier molecular flexibility index (Phi) is 20.0. The summed E-state index contributed by atoms with van der Waals surface area (Å²) >= 11 is 0. The Labute approximate surface area is 262 Å². The fraction of sp³-hybridized carbons (Fsp3) is 0.424. The van der Waals surface area contributed by atoms with Crippen LogP contribution in [0.2, 0.25) is 0 Å². The second-order valence-corrected chi connectivity index (χ2v) is 8.98. The fourth-order valence-corrected chi connectivity index (χ4v) is 4.01. The molecule has 12 heteroatoms. The van der Waals surface area contributed by atoms with Crippen LogP contribution < -0.4 is 10.1 Å². The number of carboxylic acids is 1. The first-order valence-electron chi connectivity index (χ1n) is 14.6. The van der Waals surface area contributed by atoms with Crippen LogP contribution in [0.4, 0.5) is 17.6 Å². The van der Waals surface area contributed by atoms with Crippen LogP contribution in [0.15, 0.2) is 54.6 Å². The number of hydrogen-bond acceptors (Lipinski definition) is 5. The molecular formula is C33H43F4N3O5. The number of alkyl halides is 3. The third-order valence-corrected chi connectivity index (χ3v) is 5.97. The number of nitrogens with zero attached hydrogens (tertiary/aromatic N) is 2. The van der Waals surface area contributed by atoms with E-state index in [9.17, 15) is 27.2 Å². The molecule has 2 aromatic carbocycles. The van der Waals surface area contributed by atoms with Gasteiger partial charge in [-0.3, -0.25) is 4.79 Å². The molecule has 45 heavy (non-hydrogen) atoms. The zero-order chi connectivity index (χ0) is 34.4. The van der Waals surface area contributed by atoms with Gasteiger partial charge in [0.1, 0.15) is 19.0 Å². The van der Waals surface area contributed by atoms with E-state index in [1.165, 1.54) is 0 Å². The zero-order valence-electron chi connectivity index (χ0n) is 26.1. The van der Waals surface area contributed by atoms with E-state index in [-0.39, 0.29) is 42.2 Å². The number of nitrogens with one attached hydrogen (secondary N) is 1. The van der Waals surface area contributed by atoms with Gasteiger partial charge in [0.2, 0.25) is 11.8 Å². The highest BCUT2D eigenvalue weighted by Gasteiger charge is 2.34. The maximum atomic E-state index is 13.4. The van der Waals surface area contributed by atoms with E-state index in [2.05, 4.69) is 23.3 Å². The summed E-state index contributed by atoms with van der Waals surface area (Å²) in [6.07, 6.45) is 8.01. The van der Waals surface area contributed by atoms with Gasteiger partial charge in [0.05, 0.1) is 12.2 Å². The molecule has 0 bridgehead atoms. The topological polar surface area (TPSA) is 114 Å².